The van der Waals surface area contributed by atoms with Gasteiger partial charge in [-0.15, -0.1) is 10.2 Å². The highest BCUT2D eigenvalue weighted by Gasteiger charge is 2.30. The van der Waals surface area contributed by atoms with Crippen LogP contribution in [-0.2, 0) is 4.79 Å². The molecule has 2 atom stereocenters. The van der Waals surface area contributed by atoms with Gasteiger partial charge in [0.05, 0.1) is 25.9 Å². The van der Waals surface area contributed by atoms with Gasteiger partial charge in [-0.05, 0) is 12.8 Å². The number of amides is 1. The molecule has 1 heterocycles. The van der Waals surface area contributed by atoms with Crippen LogP contribution in [0.2, 0.25) is 0 Å². The fraction of sp³-hybridized carbons (Fsp3) is 0.733. The lowest BCUT2D eigenvalue weighted by molar-refractivity contribution is -0.894. The number of hydrogen-bond donors (Lipinski definition) is 2. The molecule has 23 heavy (non-hydrogen) atoms. The minimum absolute atomic E-state index is 0.0184. The summed E-state index contributed by atoms with van der Waals surface area (Å²) in [7, 11) is 4.07. The lowest BCUT2D eigenvalue weighted by atomic mass is 9.90. The first kappa shape index (κ1) is 19.5. The van der Waals surface area contributed by atoms with Gasteiger partial charge in [0.15, 0.2) is 6.04 Å². The van der Waals surface area contributed by atoms with Crippen LogP contribution in [0.4, 0.5) is 0 Å². The van der Waals surface area contributed by atoms with E-state index in [1.54, 1.807) is 6.92 Å². The van der Waals surface area contributed by atoms with Gasteiger partial charge in [0, 0.05) is 6.42 Å². The maximum Gasteiger partial charge on any atom is 0.277 e. The molecule has 0 aliphatic carbocycles. The summed E-state index contributed by atoms with van der Waals surface area (Å²) in [5, 5.41) is 20.4. The summed E-state index contributed by atoms with van der Waals surface area (Å²) in [4.78, 5) is 13.2. The van der Waals surface area contributed by atoms with E-state index in [9.17, 15) is 10.1 Å². The minimum atomic E-state index is -0.876. The van der Waals surface area contributed by atoms with Crippen molar-refractivity contribution < 1.29 is 14.1 Å². The zero-order valence-corrected chi connectivity index (χ0v) is 15.5. The van der Waals surface area contributed by atoms with E-state index in [1.807, 2.05) is 27.9 Å². The Hall–Kier alpha value is -1.59. The summed E-state index contributed by atoms with van der Waals surface area (Å²) in [6, 6.07) is 2.30. The molecule has 0 saturated carbocycles. The van der Waals surface area contributed by atoms with Gasteiger partial charge in [0.1, 0.15) is 5.54 Å². The Morgan fingerprint density at radius 3 is 2.61 bits per heavy atom. The van der Waals surface area contributed by atoms with Gasteiger partial charge < -0.3 is 14.6 Å². The Morgan fingerprint density at radius 1 is 1.48 bits per heavy atom. The third kappa shape index (κ3) is 5.22. The number of aromatic nitrogens is 2. The molecule has 1 aromatic rings. The second-order valence-electron chi connectivity index (χ2n) is 6.25. The van der Waals surface area contributed by atoms with Crippen molar-refractivity contribution in [2.24, 2.45) is 5.92 Å². The van der Waals surface area contributed by atoms with Crippen LogP contribution in [0.3, 0.4) is 0 Å². The van der Waals surface area contributed by atoms with Gasteiger partial charge in [-0.3, -0.25) is 4.79 Å². The van der Waals surface area contributed by atoms with Crippen LogP contribution in [0.25, 0.3) is 0 Å². The summed E-state index contributed by atoms with van der Waals surface area (Å²) in [5.41, 5.74) is -0.876. The molecule has 0 fully saturated rings. The molecule has 8 heteroatoms. The van der Waals surface area contributed by atoms with Crippen molar-refractivity contribution >= 4 is 17.7 Å². The molecular formula is C15H26N5O2S+. The average molecular weight is 340 g/mol. The van der Waals surface area contributed by atoms with Crippen molar-refractivity contribution in [3.63, 3.8) is 0 Å². The fourth-order valence-electron chi connectivity index (χ4n) is 2.00. The number of nitrogens with one attached hydrogen (secondary N) is 2. The maximum absolute atomic E-state index is 12.0. The Labute approximate surface area is 141 Å². The summed E-state index contributed by atoms with van der Waals surface area (Å²) < 4.78 is 5.63. The lowest BCUT2D eigenvalue weighted by Gasteiger charge is -2.27. The Kier molecular flexibility index (Phi) is 7.03. The highest BCUT2D eigenvalue weighted by Crippen LogP contribution is 2.20. The molecular weight excluding hydrogens is 314 g/mol. The molecule has 1 rings (SSSR count). The van der Waals surface area contributed by atoms with Crippen LogP contribution in [0.1, 0.15) is 46.0 Å². The normalized spacial score (nSPS) is 15.3. The zero-order chi connectivity index (χ0) is 17.6. The number of thioether (sulfide) groups is 1. The van der Waals surface area contributed by atoms with Gasteiger partial charge in [-0.25, -0.2) is 0 Å². The average Bonchev–Trinajstić information content (AvgIpc) is 2.93. The molecule has 0 bridgehead atoms. The first-order valence-electron chi connectivity index (χ1n) is 7.72. The molecule has 128 valence electrons. The van der Waals surface area contributed by atoms with Crippen molar-refractivity contribution in [2.75, 3.05) is 19.8 Å². The Morgan fingerprint density at radius 2 is 2.13 bits per heavy atom. The highest BCUT2D eigenvalue weighted by molar-refractivity contribution is 7.99. The number of quaternary nitrogens is 1. The molecule has 0 aromatic carbocycles. The van der Waals surface area contributed by atoms with E-state index in [0.29, 0.717) is 11.1 Å². The third-order valence-electron chi connectivity index (χ3n) is 3.94. The van der Waals surface area contributed by atoms with E-state index < -0.39 is 5.54 Å². The van der Waals surface area contributed by atoms with Crippen molar-refractivity contribution in [3.8, 4) is 6.07 Å². The zero-order valence-electron chi connectivity index (χ0n) is 14.6. The smallest absolute Gasteiger partial charge is 0.277 e. The first-order chi connectivity index (χ1) is 10.7. The second kappa shape index (κ2) is 8.31. The van der Waals surface area contributed by atoms with Gasteiger partial charge in [0.2, 0.25) is 5.91 Å². The monoisotopic (exact) mass is 340 g/mol. The molecule has 0 radical (unpaired) electrons. The number of carbonyl (C=O) groups excluding carboxylic acids is 1. The van der Waals surface area contributed by atoms with Crippen LogP contribution < -0.4 is 10.2 Å². The van der Waals surface area contributed by atoms with Crippen LogP contribution in [0.5, 0.6) is 0 Å². The Bertz CT molecular complexity index is 566. The highest BCUT2D eigenvalue weighted by atomic mass is 32.2. The van der Waals surface area contributed by atoms with E-state index >= 15 is 0 Å². The fourth-order valence-corrected chi connectivity index (χ4v) is 2.57. The molecule has 0 saturated heterocycles. The summed E-state index contributed by atoms with van der Waals surface area (Å²) in [6.45, 7) is 7.58. The number of hydrogen-bond acceptors (Lipinski definition) is 6. The molecule has 2 N–H and O–H groups in total. The van der Waals surface area contributed by atoms with Crippen LogP contribution in [-0.4, -0.2) is 41.5 Å². The predicted molar refractivity (Wildman–Crippen MR) is 87.9 cm³/mol. The molecule has 0 spiro atoms. The van der Waals surface area contributed by atoms with E-state index in [2.05, 4.69) is 28.5 Å². The van der Waals surface area contributed by atoms with Crippen LogP contribution in [0, 0.1) is 17.2 Å². The van der Waals surface area contributed by atoms with Gasteiger partial charge in [-0.2, -0.15) is 5.26 Å². The van der Waals surface area contributed by atoms with Crippen LogP contribution in [0.15, 0.2) is 9.64 Å². The van der Waals surface area contributed by atoms with Gasteiger partial charge in [-0.1, -0.05) is 32.5 Å². The van der Waals surface area contributed by atoms with E-state index in [1.165, 1.54) is 16.7 Å². The SMILES string of the molecule is CC[C@@H](c1nnc(SCC(=O)N[C@@](C)(C#N)C(C)C)o1)[NH+](C)C. The summed E-state index contributed by atoms with van der Waals surface area (Å²) >= 11 is 1.18. The molecule has 0 aliphatic rings. The standard InChI is InChI=1S/C15H25N5O2S/c1-7-11(20(5)6)13-18-19-14(22-13)23-8-12(21)17-15(4,9-16)10(2)3/h10-11H,7-8H2,1-6H3,(H,17,21)/p+1/t11-,15-/m0/s1. The summed E-state index contributed by atoms with van der Waals surface area (Å²) in [6.07, 6.45) is 0.893. The number of rotatable bonds is 8. The second-order valence-corrected chi connectivity index (χ2v) is 7.18. The third-order valence-corrected chi connectivity index (χ3v) is 4.76. The lowest BCUT2D eigenvalue weighted by Crippen LogP contribution is -3.06. The predicted octanol–water partition coefficient (Wildman–Crippen LogP) is 0.812. The number of nitriles is 1. The van der Waals surface area contributed by atoms with E-state index in [-0.39, 0.29) is 23.6 Å². The largest absolute Gasteiger partial charge is 0.410 e. The molecule has 1 aromatic heterocycles. The van der Waals surface area contributed by atoms with Crippen molar-refractivity contribution in [3.05, 3.63) is 5.89 Å². The molecule has 7 nitrogen and oxygen atoms in total. The minimum Gasteiger partial charge on any atom is -0.410 e. The topological polar surface area (TPSA) is 96.2 Å². The van der Waals surface area contributed by atoms with Crippen LogP contribution >= 0.6 is 11.8 Å². The van der Waals surface area contributed by atoms with E-state index in [4.69, 9.17) is 4.42 Å². The molecule has 0 aliphatic heterocycles. The van der Waals surface area contributed by atoms with Gasteiger partial charge >= 0.3 is 0 Å². The molecule has 0 unspecified atom stereocenters. The first-order valence-corrected chi connectivity index (χ1v) is 8.70. The van der Waals surface area contributed by atoms with Crippen molar-refractivity contribution in [1.82, 2.24) is 15.5 Å². The quantitative estimate of drug-likeness (QED) is 0.680. The number of carbonyl (C=O) groups is 1. The Balaban J connectivity index is 2.61. The number of nitrogens with zero attached hydrogens (tertiary/aromatic N) is 3. The van der Waals surface area contributed by atoms with Crippen molar-refractivity contribution in [2.45, 2.75) is 50.9 Å². The summed E-state index contributed by atoms with van der Waals surface area (Å²) in [5.74, 6) is 0.513. The van der Waals surface area contributed by atoms with E-state index in [0.717, 1.165) is 6.42 Å². The molecule has 1 amide bonds. The van der Waals surface area contributed by atoms with Gasteiger partial charge in [0.25, 0.3) is 11.1 Å². The maximum atomic E-state index is 12.0. The van der Waals surface area contributed by atoms with Crippen molar-refractivity contribution in [1.29, 1.82) is 5.26 Å².